The molecule has 32 heavy (non-hydrogen) atoms. The number of hydrogen-bond acceptors (Lipinski definition) is 6. The van der Waals surface area contributed by atoms with Crippen molar-refractivity contribution in [1.82, 2.24) is 19.7 Å². The van der Waals surface area contributed by atoms with Gasteiger partial charge in [-0.3, -0.25) is 4.98 Å². The van der Waals surface area contributed by atoms with E-state index in [9.17, 15) is 0 Å². The standard InChI is InChI=1S/C25H29N7/c1-17-10-18(13-26)14-28-24(17)30-9-6-21-19(16-30)11-20(15-27-21)31-7-5-8-32-23(31)12-22(29-32)25(2,3)4/h10-12,14-15H,5-9,16H2,1-4H3. The summed E-state index contributed by atoms with van der Waals surface area (Å²) in [6.45, 7) is 12.2. The Morgan fingerprint density at radius 1 is 1.03 bits per heavy atom. The summed E-state index contributed by atoms with van der Waals surface area (Å²) in [4.78, 5) is 14.1. The first-order chi connectivity index (χ1) is 15.3. The molecule has 5 rings (SSSR count). The van der Waals surface area contributed by atoms with Crippen LogP contribution in [0.4, 0.5) is 17.3 Å². The van der Waals surface area contributed by atoms with Crippen LogP contribution in [0, 0.1) is 18.3 Å². The van der Waals surface area contributed by atoms with Gasteiger partial charge in [-0.2, -0.15) is 10.4 Å². The van der Waals surface area contributed by atoms with Crippen molar-refractivity contribution in [3.63, 3.8) is 0 Å². The normalized spacial score (nSPS) is 15.8. The second kappa shape index (κ2) is 7.63. The van der Waals surface area contributed by atoms with Gasteiger partial charge in [0.25, 0.3) is 0 Å². The van der Waals surface area contributed by atoms with Crippen molar-refractivity contribution in [2.24, 2.45) is 0 Å². The molecule has 0 saturated heterocycles. The van der Waals surface area contributed by atoms with Gasteiger partial charge in [-0.25, -0.2) is 9.67 Å². The first-order valence-corrected chi connectivity index (χ1v) is 11.3. The molecule has 164 valence electrons. The highest BCUT2D eigenvalue weighted by Crippen LogP contribution is 2.35. The number of aryl methyl sites for hydroxylation is 2. The minimum atomic E-state index is 0.0244. The maximum Gasteiger partial charge on any atom is 0.131 e. The van der Waals surface area contributed by atoms with Crippen LogP contribution in [0.1, 0.15) is 55.3 Å². The van der Waals surface area contributed by atoms with Crippen LogP contribution in [0.2, 0.25) is 0 Å². The largest absolute Gasteiger partial charge is 0.352 e. The van der Waals surface area contributed by atoms with Gasteiger partial charge >= 0.3 is 0 Å². The van der Waals surface area contributed by atoms with Crippen molar-refractivity contribution >= 4 is 17.3 Å². The molecule has 3 aromatic rings. The summed E-state index contributed by atoms with van der Waals surface area (Å²) in [7, 11) is 0. The zero-order chi connectivity index (χ0) is 22.5. The summed E-state index contributed by atoms with van der Waals surface area (Å²) in [6.07, 6.45) is 5.63. The molecule has 3 aromatic heterocycles. The molecule has 0 aromatic carbocycles. The molecule has 7 nitrogen and oxygen atoms in total. The Kier molecular flexibility index (Phi) is 4.89. The minimum Gasteiger partial charge on any atom is -0.352 e. The minimum absolute atomic E-state index is 0.0244. The highest BCUT2D eigenvalue weighted by Gasteiger charge is 2.27. The molecular formula is C25H29N7. The van der Waals surface area contributed by atoms with E-state index in [0.717, 1.165) is 73.3 Å². The number of aromatic nitrogens is 4. The maximum absolute atomic E-state index is 9.14. The van der Waals surface area contributed by atoms with Crippen LogP contribution in [0.25, 0.3) is 0 Å². The van der Waals surface area contributed by atoms with Gasteiger partial charge in [-0.15, -0.1) is 0 Å². The van der Waals surface area contributed by atoms with Crippen LogP contribution in [0.5, 0.6) is 0 Å². The SMILES string of the molecule is Cc1cc(C#N)cnc1N1CCc2ncc(N3CCCn4nc(C(C)(C)C)cc43)cc2C1. The van der Waals surface area contributed by atoms with Crippen molar-refractivity contribution in [3.05, 3.63) is 58.7 Å². The lowest BCUT2D eigenvalue weighted by Gasteiger charge is -2.33. The molecule has 0 unspecified atom stereocenters. The molecule has 0 amide bonds. The third-order valence-electron chi connectivity index (χ3n) is 6.37. The van der Waals surface area contributed by atoms with E-state index in [2.05, 4.69) is 58.4 Å². The Bertz CT molecular complexity index is 1210. The fourth-order valence-corrected chi connectivity index (χ4v) is 4.61. The lowest BCUT2D eigenvalue weighted by Crippen LogP contribution is -2.33. The number of rotatable bonds is 2. The van der Waals surface area contributed by atoms with Gasteiger partial charge < -0.3 is 9.80 Å². The molecule has 0 fully saturated rings. The summed E-state index contributed by atoms with van der Waals surface area (Å²) in [5.74, 6) is 2.10. The van der Waals surface area contributed by atoms with E-state index < -0.39 is 0 Å². The van der Waals surface area contributed by atoms with Crippen molar-refractivity contribution in [3.8, 4) is 6.07 Å². The van der Waals surface area contributed by atoms with Crippen LogP contribution in [-0.2, 0) is 24.9 Å². The molecule has 0 aliphatic carbocycles. The average Bonchev–Trinajstić information content (AvgIpc) is 3.23. The molecule has 0 atom stereocenters. The van der Waals surface area contributed by atoms with Gasteiger partial charge in [0.1, 0.15) is 17.7 Å². The summed E-state index contributed by atoms with van der Waals surface area (Å²) in [6, 6.07) is 8.60. The number of nitriles is 1. The average molecular weight is 428 g/mol. The number of anilines is 3. The summed E-state index contributed by atoms with van der Waals surface area (Å²) in [5, 5.41) is 14.0. The van der Waals surface area contributed by atoms with Gasteiger partial charge in [0.15, 0.2) is 0 Å². The Morgan fingerprint density at radius 3 is 2.62 bits per heavy atom. The van der Waals surface area contributed by atoms with Crippen molar-refractivity contribution < 1.29 is 0 Å². The lowest BCUT2D eigenvalue weighted by atomic mass is 9.92. The third kappa shape index (κ3) is 3.60. The van der Waals surface area contributed by atoms with Crippen molar-refractivity contribution in [1.29, 1.82) is 5.26 Å². The predicted molar refractivity (Wildman–Crippen MR) is 125 cm³/mol. The fourth-order valence-electron chi connectivity index (χ4n) is 4.61. The molecular weight excluding hydrogens is 398 g/mol. The molecule has 0 bridgehead atoms. The zero-order valence-corrected chi connectivity index (χ0v) is 19.3. The van der Waals surface area contributed by atoms with E-state index in [-0.39, 0.29) is 5.41 Å². The van der Waals surface area contributed by atoms with Gasteiger partial charge in [0.05, 0.1) is 23.1 Å². The predicted octanol–water partition coefficient (Wildman–Crippen LogP) is 4.26. The van der Waals surface area contributed by atoms with Crippen LogP contribution in [0.3, 0.4) is 0 Å². The van der Waals surface area contributed by atoms with E-state index in [0.29, 0.717) is 5.56 Å². The molecule has 2 aliphatic rings. The number of nitrogens with zero attached hydrogens (tertiary/aromatic N) is 7. The van der Waals surface area contributed by atoms with E-state index in [1.807, 2.05) is 19.2 Å². The summed E-state index contributed by atoms with van der Waals surface area (Å²) < 4.78 is 2.14. The second-order valence-corrected chi connectivity index (χ2v) is 9.81. The van der Waals surface area contributed by atoms with Gasteiger partial charge in [0.2, 0.25) is 0 Å². The Morgan fingerprint density at radius 2 is 1.88 bits per heavy atom. The maximum atomic E-state index is 9.14. The first-order valence-electron chi connectivity index (χ1n) is 11.3. The number of hydrogen-bond donors (Lipinski definition) is 0. The van der Waals surface area contributed by atoms with Gasteiger partial charge in [0, 0.05) is 56.0 Å². The topological polar surface area (TPSA) is 73.9 Å². The molecule has 5 heterocycles. The summed E-state index contributed by atoms with van der Waals surface area (Å²) >= 11 is 0. The lowest BCUT2D eigenvalue weighted by molar-refractivity contribution is 0.506. The van der Waals surface area contributed by atoms with E-state index in [1.54, 1.807) is 6.20 Å². The van der Waals surface area contributed by atoms with Crippen LogP contribution < -0.4 is 9.80 Å². The molecule has 7 heteroatoms. The van der Waals surface area contributed by atoms with Crippen molar-refractivity contribution in [2.75, 3.05) is 22.9 Å². The van der Waals surface area contributed by atoms with Crippen LogP contribution >= 0.6 is 0 Å². The van der Waals surface area contributed by atoms with Crippen LogP contribution in [-0.4, -0.2) is 32.8 Å². The zero-order valence-electron chi connectivity index (χ0n) is 19.3. The molecule has 0 saturated carbocycles. The molecule has 0 spiro atoms. The van der Waals surface area contributed by atoms with Crippen molar-refractivity contribution in [2.45, 2.75) is 59.0 Å². The first kappa shape index (κ1) is 20.5. The monoisotopic (exact) mass is 427 g/mol. The quantitative estimate of drug-likeness (QED) is 0.609. The second-order valence-electron chi connectivity index (χ2n) is 9.81. The third-order valence-corrected chi connectivity index (χ3v) is 6.37. The van der Waals surface area contributed by atoms with E-state index in [1.165, 1.54) is 5.56 Å². The molecule has 0 radical (unpaired) electrons. The Balaban J connectivity index is 1.45. The Labute approximate surface area is 189 Å². The Hall–Kier alpha value is -3.40. The molecule has 2 aliphatic heterocycles. The number of fused-ring (bicyclic) bond motifs is 2. The van der Waals surface area contributed by atoms with Gasteiger partial charge in [-0.05, 0) is 36.6 Å². The van der Waals surface area contributed by atoms with Gasteiger partial charge in [-0.1, -0.05) is 20.8 Å². The van der Waals surface area contributed by atoms with E-state index in [4.69, 9.17) is 15.3 Å². The highest BCUT2D eigenvalue weighted by atomic mass is 15.4. The van der Waals surface area contributed by atoms with E-state index >= 15 is 0 Å². The van der Waals surface area contributed by atoms with Crippen LogP contribution in [0.15, 0.2) is 30.6 Å². The fraction of sp³-hybridized carbons (Fsp3) is 0.440. The summed E-state index contributed by atoms with van der Waals surface area (Å²) in [5.41, 5.74) is 6.31. The molecule has 0 N–H and O–H groups in total. The highest BCUT2D eigenvalue weighted by molar-refractivity contribution is 5.63. The smallest absolute Gasteiger partial charge is 0.131 e. The number of pyridine rings is 2.